The van der Waals surface area contributed by atoms with Crippen molar-refractivity contribution in [2.75, 3.05) is 0 Å². The molecule has 0 aliphatic carbocycles. The molecule has 0 saturated carbocycles. The number of phenolic OH excluding ortho intramolecular Hbond substituents is 1. The molecule has 0 unspecified atom stereocenters. The van der Waals surface area contributed by atoms with E-state index in [4.69, 9.17) is 17.3 Å². The van der Waals surface area contributed by atoms with Crippen molar-refractivity contribution in [3.05, 3.63) is 27.2 Å². The lowest BCUT2D eigenvalue weighted by Gasteiger charge is -2.12. The highest BCUT2D eigenvalue weighted by Gasteiger charge is 2.13. The fourth-order valence-electron chi connectivity index (χ4n) is 1.07. The molecule has 0 aliphatic heterocycles. The van der Waals surface area contributed by atoms with Crippen molar-refractivity contribution < 1.29 is 5.11 Å². The summed E-state index contributed by atoms with van der Waals surface area (Å²) in [5.41, 5.74) is 6.51. The van der Waals surface area contributed by atoms with Gasteiger partial charge in [0.1, 0.15) is 5.75 Å². The Kier molecular flexibility index (Phi) is 3.59. The second-order valence-corrected chi connectivity index (χ2v) is 4.01. The van der Waals surface area contributed by atoms with Crippen LogP contribution in [0.3, 0.4) is 0 Å². The van der Waals surface area contributed by atoms with Gasteiger partial charge in [-0.15, -0.1) is 0 Å². The standard InChI is InChI=1S/C9H11BrClNO/c1-2-7(12)5-3-4-6(11)8(10)9(5)13/h3-4,7,13H,2,12H2,1H3/t7-/m1/s1. The Balaban J connectivity index is 3.18. The fourth-order valence-corrected chi connectivity index (χ4v) is 1.59. The first-order valence-corrected chi connectivity index (χ1v) is 5.17. The highest BCUT2D eigenvalue weighted by Crippen LogP contribution is 2.37. The van der Waals surface area contributed by atoms with Crippen LogP contribution in [0.4, 0.5) is 0 Å². The molecule has 72 valence electrons. The molecule has 0 bridgehead atoms. The summed E-state index contributed by atoms with van der Waals surface area (Å²) >= 11 is 8.98. The monoisotopic (exact) mass is 263 g/mol. The van der Waals surface area contributed by atoms with Crippen LogP contribution in [0, 0.1) is 0 Å². The SMILES string of the molecule is CC[C@@H](N)c1ccc(Cl)c(Br)c1O. The summed E-state index contributed by atoms with van der Waals surface area (Å²) < 4.78 is 0.510. The van der Waals surface area contributed by atoms with Crippen LogP contribution in [0.25, 0.3) is 0 Å². The minimum Gasteiger partial charge on any atom is -0.506 e. The molecule has 13 heavy (non-hydrogen) atoms. The van der Waals surface area contributed by atoms with Crippen LogP contribution >= 0.6 is 27.5 Å². The molecular weight excluding hydrogens is 253 g/mol. The zero-order chi connectivity index (χ0) is 10.0. The Bertz CT molecular complexity index is 317. The van der Waals surface area contributed by atoms with E-state index in [2.05, 4.69) is 15.9 Å². The molecular formula is C9H11BrClNO. The summed E-state index contributed by atoms with van der Waals surface area (Å²) in [5, 5.41) is 10.2. The maximum Gasteiger partial charge on any atom is 0.136 e. The number of phenols is 1. The topological polar surface area (TPSA) is 46.2 Å². The molecule has 0 amide bonds. The van der Waals surface area contributed by atoms with Crippen LogP contribution in [-0.2, 0) is 0 Å². The maximum atomic E-state index is 9.67. The first-order chi connectivity index (χ1) is 6.07. The molecule has 0 fully saturated rings. The molecule has 1 aromatic carbocycles. The van der Waals surface area contributed by atoms with Gasteiger partial charge in [-0.05, 0) is 28.4 Å². The van der Waals surface area contributed by atoms with Crippen LogP contribution in [0.1, 0.15) is 24.9 Å². The van der Waals surface area contributed by atoms with Crippen molar-refractivity contribution >= 4 is 27.5 Å². The second-order valence-electron chi connectivity index (χ2n) is 2.81. The molecule has 0 heterocycles. The lowest BCUT2D eigenvalue weighted by molar-refractivity contribution is 0.457. The summed E-state index contributed by atoms with van der Waals surface area (Å²) in [4.78, 5) is 0. The van der Waals surface area contributed by atoms with E-state index in [1.807, 2.05) is 6.92 Å². The van der Waals surface area contributed by atoms with Gasteiger partial charge in [0.2, 0.25) is 0 Å². The summed E-state index contributed by atoms with van der Waals surface area (Å²) in [6.45, 7) is 1.96. The number of rotatable bonds is 2. The largest absolute Gasteiger partial charge is 0.506 e. The molecule has 3 N–H and O–H groups in total. The molecule has 1 aromatic rings. The Hall–Kier alpha value is -0.250. The van der Waals surface area contributed by atoms with Gasteiger partial charge in [0.15, 0.2) is 0 Å². The van der Waals surface area contributed by atoms with E-state index in [1.54, 1.807) is 12.1 Å². The van der Waals surface area contributed by atoms with Crippen molar-refractivity contribution in [3.63, 3.8) is 0 Å². The molecule has 0 radical (unpaired) electrons. The third kappa shape index (κ3) is 2.16. The number of hydrogen-bond donors (Lipinski definition) is 2. The van der Waals surface area contributed by atoms with E-state index in [1.165, 1.54) is 0 Å². The van der Waals surface area contributed by atoms with E-state index >= 15 is 0 Å². The third-order valence-corrected chi connectivity index (χ3v) is 3.29. The Labute approximate surface area is 90.8 Å². The van der Waals surface area contributed by atoms with Crippen LogP contribution in [0.5, 0.6) is 5.75 Å². The average Bonchev–Trinajstić information content (AvgIpc) is 2.13. The van der Waals surface area contributed by atoms with Crippen molar-refractivity contribution in [3.8, 4) is 5.75 Å². The summed E-state index contributed by atoms with van der Waals surface area (Å²) in [5.74, 6) is 0.141. The minimum absolute atomic E-state index is 0.141. The van der Waals surface area contributed by atoms with Gasteiger partial charge in [0.25, 0.3) is 0 Å². The zero-order valence-electron chi connectivity index (χ0n) is 7.22. The smallest absolute Gasteiger partial charge is 0.136 e. The average molecular weight is 265 g/mol. The number of halogens is 2. The molecule has 0 aromatic heterocycles. The molecule has 0 aliphatic rings. The van der Waals surface area contributed by atoms with Gasteiger partial charge in [-0.1, -0.05) is 24.6 Å². The third-order valence-electron chi connectivity index (χ3n) is 1.94. The van der Waals surface area contributed by atoms with Gasteiger partial charge < -0.3 is 10.8 Å². The summed E-state index contributed by atoms with van der Waals surface area (Å²) in [7, 11) is 0. The van der Waals surface area contributed by atoms with E-state index in [9.17, 15) is 5.11 Å². The van der Waals surface area contributed by atoms with E-state index in [0.29, 0.717) is 9.50 Å². The van der Waals surface area contributed by atoms with Crippen LogP contribution < -0.4 is 5.73 Å². The van der Waals surface area contributed by atoms with E-state index in [-0.39, 0.29) is 11.8 Å². The van der Waals surface area contributed by atoms with E-state index < -0.39 is 0 Å². The normalized spacial score (nSPS) is 12.9. The van der Waals surface area contributed by atoms with Gasteiger partial charge in [-0.25, -0.2) is 0 Å². The number of hydrogen-bond acceptors (Lipinski definition) is 2. The molecule has 4 heteroatoms. The lowest BCUT2D eigenvalue weighted by Crippen LogP contribution is -2.08. The Morgan fingerprint density at radius 1 is 1.62 bits per heavy atom. The lowest BCUT2D eigenvalue weighted by atomic mass is 10.0. The van der Waals surface area contributed by atoms with E-state index in [0.717, 1.165) is 12.0 Å². The number of benzene rings is 1. The van der Waals surface area contributed by atoms with Gasteiger partial charge in [-0.2, -0.15) is 0 Å². The maximum absolute atomic E-state index is 9.67. The Morgan fingerprint density at radius 2 is 2.23 bits per heavy atom. The second kappa shape index (κ2) is 4.31. The van der Waals surface area contributed by atoms with Crippen LogP contribution in [0.2, 0.25) is 5.02 Å². The highest BCUT2D eigenvalue weighted by molar-refractivity contribution is 9.10. The first-order valence-electron chi connectivity index (χ1n) is 4.00. The fraction of sp³-hybridized carbons (Fsp3) is 0.333. The number of aromatic hydroxyl groups is 1. The first kappa shape index (κ1) is 10.8. The summed E-state index contributed by atoms with van der Waals surface area (Å²) in [6, 6.07) is 3.32. The molecule has 0 spiro atoms. The van der Waals surface area contributed by atoms with Crippen molar-refractivity contribution in [1.82, 2.24) is 0 Å². The minimum atomic E-state index is -0.145. The molecule has 1 atom stereocenters. The molecule has 2 nitrogen and oxygen atoms in total. The van der Waals surface area contributed by atoms with Gasteiger partial charge >= 0.3 is 0 Å². The summed E-state index contributed by atoms with van der Waals surface area (Å²) in [6.07, 6.45) is 0.779. The van der Waals surface area contributed by atoms with Crippen molar-refractivity contribution in [1.29, 1.82) is 0 Å². The predicted octanol–water partition coefficient (Wildman–Crippen LogP) is 3.22. The van der Waals surface area contributed by atoms with Gasteiger partial charge in [-0.3, -0.25) is 0 Å². The van der Waals surface area contributed by atoms with Crippen LogP contribution in [0.15, 0.2) is 16.6 Å². The van der Waals surface area contributed by atoms with Crippen molar-refractivity contribution in [2.45, 2.75) is 19.4 Å². The predicted molar refractivity (Wildman–Crippen MR) is 58.0 cm³/mol. The Morgan fingerprint density at radius 3 is 2.77 bits per heavy atom. The van der Waals surface area contributed by atoms with Gasteiger partial charge in [0.05, 0.1) is 9.50 Å². The molecule has 0 saturated heterocycles. The quantitative estimate of drug-likeness (QED) is 0.861. The zero-order valence-corrected chi connectivity index (χ0v) is 9.56. The highest BCUT2D eigenvalue weighted by atomic mass is 79.9. The van der Waals surface area contributed by atoms with Crippen molar-refractivity contribution in [2.24, 2.45) is 5.73 Å². The molecule has 1 rings (SSSR count). The van der Waals surface area contributed by atoms with Gasteiger partial charge in [0, 0.05) is 11.6 Å². The van der Waals surface area contributed by atoms with Crippen LogP contribution in [-0.4, -0.2) is 5.11 Å². The number of nitrogens with two attached hydrogens (primary N) is 1.